The zero-order valence-corrected chi connectivity index (χ0v) is 19.1. The number of carbonyl (C=O) groups excluding carboxylic acids is 1. The van der Waals surface area contributed by atoms with Gasteiger partial charge in [0, 0.05) is 0 Å². The first kappa shape index (κ1) is 23.1. The Bertz CT molecular complexity index is 1060. The Hall–Kier alpha value is -3.60. The van der Waals surface area contributed by atoms with Crippen molar-refractivity contribution in [2.45, 2.75) is 40.2 Å². The minimum Gasteiger partial charge on any atom is -0.489 e. The van der Waals surface area contributed by atoms with Crippen LogP contribution in [0.2, 0.25) is 0 Å². The summed E-state index contributed by atoms with van der Waals surface area (Å²) < 4.78 is 11.5. The zero-order chi connectivity index (χ0) is 22.9. The number of hydrazone groups is 1. The number of hydrogen-bond acceptors (Lipinski definition) is 4. The predicted molar refractivity (Wildman–Crippen MR) is 128 cm³/mol. The van der Waals surface area contributed by atoms with Crippen LogP contribution in [0.15, 0.2) is 71.8 Å². The van der Waals surface area contributed by atoms with E-state index in [-0.39, 0.29) is 12.5 Å². The first-order valence-corrected chi connectivity index (χ1v) is 10.7. The highest BCUT2D eigenvalue weighted by atomic mass is 16.5. The van der Waals surface area contributed by atoms with Crippen molar-refractivity contribution in [2.24, 2.45) is 5.10 Å². The third-order valence-corrected chi connectivity index (χ3v) is 4.96. The van der Waals surface area contributed by atoms with Gasteiger partial charge in [0.05, 0.1) is 6.21 Å². The molecule has 5 nitrogen and oxygen atoms in total. The second-order valence-corrected chi connectivity index (χ2v) is 8.12. The summed E-state index contributed by atoms with van der Waals surface area (Å²) in [5.41, 5.74) is 7.88. The van der Waals surface area contributed by atoms with Crippen LogP contribution in [0.1, 0.15) is 47.6 Å². The molecule has 3 aromatic rings. The molecule has 0 aliphatic carbocycles. The van der Waals surface area contributed by atoms with Gasteiger partial charge in [-0.2, -0.15) is 5.10 Å². The van der Waals surface area contributed by atoms with E-state index in [9.17, 15) is 4.79 Å². The summed E-state index contributed by atoms with van der Waals surface area (Å²) in [6.45, 7) is 8.68. The lowest BCUT2D eigenvalue weighted by molar-refractivity contribution is -0.123. The molecule has 0 saturated carbocycles. The molecule has 0 spiro atoms. The standard InChI is InChI=1S/C27H30N2O3/c1-19(2)25-14-7-21(4)15-26(25)32-18-27(30)29-28-16-22-10-12-24(13-11-22)31-17-23-8-5-20(3)6-9-23/h5-16,19H,17-18H2,1-4H3,(H,29,30)/b28-16+. The maximum atomic E-state index is 12.1. The summed E-state index contributed by atoms with van der Waals surface area (Å²) in [7, 11) is 0. The number of hydrogen-bond donors (Lipinski definition) is 1. The van der Waals surface area contributed by atoms with E-state index < -0.39 is 0 Å². The van der Waals surface area contributed by atoms with Crippen molar-refractivity contribution < 1.29 is 14.3 Å². The van der Waals surface area contributed by atoms with Crippen molar-refractivity contribution in [3.63, 3.8) is 0 Å². The molecule has 0 aliphatic rings. The van der Waals surface area contributed by atoms with Gasteiger partial charge >= 0.3 is 0 Å². The maximum absolute atomic E-state index is 12.1. The highest BCUT2D eigenvalue weighted by Gasteiger charge is 2.10. The van der Waals surface area contributed by atoms with Gasteiger partial charge in [-0.15, -0.1) is 0 Å². The topological polar surface area (TPSA) is 59.9 Å². The molecule has 0 heterocycles. The van der Waals surface area contributed by atoms with Crippen LogP contribution >= 0.6 is 0 Å². The van der Waals surface area contributed by atoms with E-state index in [1.54, 1.807) is 6.21 Å². The number of aryl methyl sites for hydroxylation is 2. The van der Waals surface area contributed by atoms with Crippen LogP contribution in [0, 0.1) is 13.8 Å². The van der Waals surface area contributed by atoms with E-state index in [0.29, 0.717) is 12.5 Å². The number of ether oxygens (including phenoxy) is 2. The summed E-state index contributed by atoms with van der Waals surface area (Å²) in [6, 6.07) is 21.8. The van der Waals surface area contributed by atoms with Crippen LogP contribution in [0.25, 0.3) is 0 Å². The smallest absolute Gasteiger partial charge is 0.277 e. The van der Waals surface area contributed by atoms with E-state index in [1.807, 2.05) is 49.4 Å². The lowest BCUT2D eigenvalue weighted by atomic mass is 10.0. The van der Waals surface area contributed by atoms with E-state index in [1.165, 1.54) is 5.56 Å². The van der Waals surface area contributed by atoms with Crippen LogP contribution in [-0.2, 0) is 11.4 Å². The molecule has 1 amide bonds. The monoisotopic (exact) mass is 430 g/mol. The fourth-order valence-corrected chi connectivity index (χ4v) is 3.10. The SMILES string of the molecule is Cc1ccc(COc2ccc(/C=N/NC(=O)COc3cc(C)ccc3C(C)C)cc2)cc1. The van der Waals surface area contributed by atoms with Crippen molar-refractivity contribution in [3.8, 4) is 11.5 Å². The van der Waals surface area contributed by atoms with Gasteiger partial charge in [-0.05, 0) is 72.4 Å². The van der Waals surface area contributed by atoms with Crippen molar-refractivity contribution >= 4 is 12.1 Å². The number of amides is 1. The van der Waals surface area contributed by atoms with E-state index >= 15 is 0 Å². The van der Waals surface area contributed by atoms with Crippen LogP contribution in [0.4, 0.5) is 0 Å². The third kappa shape index (κ3) is 6.98. The largest absolute Gasteiger partial charge is 0.489 e. The molecule has 3 rings (SSSR count). The number of nitrogens with zero attached hydrogens (tertiary/aromatic N) is 1. The van der Waals surface area contributed by atoms with Gasteiger partial charge in [0.25, 0.3) is 5.91 Å². The molecule has 32 heavy (non-hydrogen) atoms. The van der Waals surface area contributed by atoms with Crippen molar-refractivity contribution in [1.29, 1.82) is 0 Å². The van der Waals surface area contributed by atoms with Gasteiger partial charge < -0.3 is 9.47 Å². The maximum Gasteiger partial charge on any atom is 0.277 e. The van der Waals surface area contributed by atoms with Gasteiger partial charge in [0.15, 0.2) is 6.61 Å². The van der Waals surface area contributed by atoms with Crippen LogP contribution < -0.4 is 14.9 Å². The first-order valence-electron chi connectivity index (χ1n) is 10.7. The Labute approximate surface area is 190 Å². The quantitative estimate of drug-likeness (QED) is 0.358. The minimum absolute atomic E-state index is 0.0910. The zero-order valence-electron chi connectivity index (χ0n) is 19.1. The Balaban J connectivity index is 1.46. The lowest BCUT2D eigenvalue weighted by Crippen LogP contribution is -2.25. The van der Waals surface area contributed by atoms with Gasteiger partial charge in [-0.1, -0.05) is 55.8 Å². The molecule has 0 saturated heterocycles. The molecule has 0 atom stereocenters. The number of benzene rings is 3. The van der Waals surface area contributed by atoms with Crippen molar-refractivity contribution in [2.75, 3.05) is 6.61 Å². The van der Waals surface area contributed by atoms with E-state index in [0.717, 1.165) is 33.8 Å². The van der Waals surface area contributed by atoms with E-state index in [2.05, 4.69) is 55.6 Å². The predicted octanol–water partition coefficient (Wildman–Crippen LogP) is 5.53. The molecule has 0 bridgehead atoms. The fraction of sp³-hybridized carbons (Fsp3) is 0.259. The molecule has 0 radical (unpaired) electrons. The Kier molecular flexibility index (Phi) is 8.03. The van der Waals surface area contributed by atoms with Crippen LogP contribution in [0.5, 0.6) is 11.5 Å². The van der Waals surface area contributed by atoms with Crippen LogP contribution in [-0.4, -0.2) is 18.7 Å². The Morgan fingerprint density at radius 3 is 2.31 bits per heavy atom. The summed E-state index contributed by atoms with van der Waals surface area (Å²) in [5.74, 6) is 1.52. The average molecular weight is 431 g/mol. The Morgan fingerprint density at radius 1 is 0.938 bits per heavy atom. The third-order valence-electron chi connectivity index (χ3n) is 4.96. The summed E-state index contributed by atoms with van der Waals surface area (Å²) in [6.07, 6.45) is 1.59. The van der Waals surface area contributed by atoms with Crippen molar-refractivity contribution in [3.05, 3.63) is 94.5 Å². The highest BCUT2D eigenvalue weighted by molar-refractivity contribution is 5.83. The van der Waals surface area contributed by atoms with Crippen molar-refractivity contribution in [1.82, 2.24) is 5.43 Å². The molecule has 166 valence electrons. The summed E-state index contributed by atoms with van der Waals surface area (Å²) >= 11 is 0. The normalized spacial score (nSPS) is 11.0. The lowest BCUT2D eigenvalue weighted by Gasteiger charge is -2.14. The van der Waals surface area contributed by atoms with E-state index in [4.69, 9.17) is 9.47 Å². The molecule has 1 N–H and O–H groups in total. The van der Waals surface area contributed by atoms with Gasteiger partial charge in [0.2, 0.25) is 0 Å². The molecule has 0 unspecified atom stereocenters. The molecular weight excluding hydrogens is 400 g/mol. The average Bonchev–Trinajstić information content (AvgIpc) is 2.78. The molecule has 3 aromatic carbocycles. The second kappa shape index (κ2) is 11.1. The fourth-order valence-electron chi connectivity index (χ4n) is 3.10. The highest BCUT2D eigenvalue weighted by Crippen LogP contribution is 2.27. The Morgan fingerprint density at radius 2 is 1.62 bits per heavy atom. The summed E-state index contributed by atoms with van der Waals surface area (Å²) in [5, 5.41) is 4.02. The molecule has 0 aliphatic heterocycles. The van der Waals surface area contributed by atoms with Gasteiger partial charge in [-0.25, -0.2) is 5.43 Å². The molecule has 0 fully saturated rings. The minimum atomic E-state index is -0.310. The van der Waals surface area contributed by atoms with Crippen LogP contribution in [0.3, 0.4) is 0 Å². The molecular formula is C27H30N2O3. The van der Waals surface area contributed by atoms with Gasteiger partial charge in [0.1, 0.15) is 18.1 Å². The molecule has 5 heteroatoms. The number of rotatable bonds is 9. The first-order chi connectivity index (χ1) is 15.4. The van der Waals surface area contributed by atoms with Gasteiger partial charge in [-0.3, -0.25) is 4.79 Å². The second-order valence-electron chi connectivity index (χ2n) is 8.12. The number of nitrogens with one attached hydrogen (secondary N) is 1. The number of carbonyl (C=O) groups is 1. The molecule has 0 aromatic heterocycles. The summed E-state index contributed by atoms with van der Waals surface area (Å²) in [4.78, 5) is 12.1.